The summed E-state index contributed by atoms with van der Waals surface area (Å²) >= 11 is 0. The van der Waals surface area contributed by atoms with Gasteiger partial charge < -0.3 is 4.57 Å². The number of hydrogen-bond acceptors (Lipinski definition) is 4. The van der Waals surface area contributed by atoms with Crippen molar-refractivity contribution < 1.29 is 8.42 Å². The molecule has 2 heterocycles. The number of rotatable bonds is 5. The molecule has 5 nitrogen and oxygen atoms in total. The van der Waals surface area contributed by atoms with Gasteiger partial charge in [0.2, 0.25) is 0 Å². The number of imidazole rings is 1. The minimum Gasteiger partial charge on any atom is -0.337 e. The van der Waals surface area contributed by atoms with Crippen LogP contribution in [0, 0.1) is 5.92 Å². The molecule has 2 aromatic rings. The van der Waals surface area contributed by atoms with E-state index in [0.29, 0.717) is 10.8 Å². The topological polar surface area (TPSA) is 55.2 Å². The highest BCUT2D eigenvalue weighted by Crippen LogP contribution is 2.20. The smallest absolute Gasteiger partial charge is 0.175 e. The predicted molar refractivity (Wildman–Crippen MR) is 89.8 cm³/mol. The third-order valence-corrected chi connectivity index (χ3v) is 5.52. The van der Waals surface area contributed by atoms with Crippen LogP contribution >= 0.6 is 0 Å². The first-order chi connectivity index (χ1) is 11.0. The summed E-state index contributed by atoms with van der Waals surface area (Å²) in [6.45, 7) is 4.08. The van der Waals surface area contributed by atoms with Crippen LogP contribution < -0.4 is 0 Å². The molecule has 124 valence electrons. The highest BCUT2D eigenvalue weighted by atomic mass is 32.2. The van der Waals surface area contributed by atoms with Gasteiger partial charge in [0.1, 0.15) is 0 Å². The van der Waals surface area contributed by atoms with Crippen LogP contribution in [-0.4, -0.2) is 42.2 Å². The minimum absolute atomic E-state index is 0.387. The van der Waals surface area contributed by atoms with E-state index in [4.69, 9.17) is 0 Å². The third kappa shape index (κ3) is 4.42. The zero-order valence-corrected chi connectivity index (χ0v) is 14.2. The van der Waals surface area contributed by atoms with E-state index in [-0.39, 0.29) is 0 Å². The Bertz CT molecular complexity index is 724. The van der Waals surface area contributed by atoms with Crippen molar-refractivity contribution in [1.29, 1.82) is 0 Å². The maximum absolute atomic E-state index is 11.5. The molecular formula is C17H23N3O2S. The summed E-state index contributed by atoms with van der Waals surface area (Å²) in [5.41, 5.74) is 1.17. The van der Waals surface area contributed by atoms with Gasteiger partial charge >= 0.3 is 0 Å². The molecule has 0 radical (unpaired) electrons. The van der Waals surface area contributed by atoms with Crippen molar-refractivity contribution in [3.63, 3.8) is 0 Å². The number of sulfone groups is 1. The van der Waals surface area contributed by atoms with E-state index >= 15 is 0 Å². The fourth-order valence-corrected chi connectivity index (χ4v) is 3.87. The largest absolute Gasteiger partial charge is 0.337 e. The minimum atomic E-state index is -3.11. The Balaban J connectivity index is 1.59. The van der Waals surface area contributed by atoms with Gasteiger partial charge in [0.05, 0.1) is 11.2 Å². The molecule has 0 saturated carbocycles. The van der Waals surface area contributed by atoms with Gasteiger partial charge in [-0.05, 0) is 43.0 Å². The summed E-state index contributed by atoms with van der Waals surface area (Å²) in [4.78, 5) is 6.95. The Hall–Kier alpha value is -1.66. The average Bonchev–Trinajstić information content (AvgIpc) is 3.00. The molecule has 0 aliphatic carbocycles. The molecule has 23 heavy (non-hydrogen) atoms. The molecular weight excluding hydrogens is 310 g/mol. The van der Waals surface area contributed by atoms with Crippen LogP contribution in [-0.2, 0) is 22.9 Å². The van der Waals surface area contributed by atoms with Crippen molar-refractivity contribution in [1.82, 2.24) is 14.5 Å². The second-order valence-electron chi connectivity index (χ2n) is 6.42. The second kappa shape index (κ2) is 6.84. The molecule has 0 spiro atoms. The van der Waals surface area contributed by atoms with Crippen molar-refractivity contribution in [3.05, 3.63) is 48.5 Å². The third-order valence-electron chi connectivity index (χ3n) is 4.39. The molecule has 1 fully saturated rings. The highest BCUT2D eigenvalue weighted by Gasteiger charge is 2.20. The zero-order valence-electron chi connectivity index (χ0n) is 13.4. The Labute approximate surface area is 137 Å². The predicted octanol–water partition coefficient (Wildman–Crippen LogP) is 2.20. The Morgan fingerprint density at radius 3 is 2.70 bits per heavy atom. The van der Waals surface area contributed by atoms with Crippen molar-refractivity contribution >= 4 is 9.84 Å². The standard InChI is InChI=1S/C17H23N3O2S/c1-23(21,22)17-6-4-15(5-7-17)11-19-9-2-3-16(12-19)13-20-10-8-18-14-20/h4-8,10,14,16H,2-3,9,11-13H2,1H3/t16-/m0/s1. The van der Waals surface area contributed by atoms with E-state index in [0.717, 1.165) is 26.2 Å². The molecule has 0 amide bonds. The van der Waals surface area contributed by atoms with Crippen LogP contribution in [0.5, 0.6) is 0 Å². The van der Waals surface area contributed by atoms with Crippen LogP contribution in [0.25, 0.3) is 0 Å². The molecule has 3 rings (SSSR count). The molecule has 0 N–H and O–H groups in total. The lowest BCUT2D eigenvalue weighted by Gasteiger charge is -2.33. The number of aromatic nitrogens is 2. The van der Waals surface area contributed by atoms with Gasteiger partial charge in [-0.2, -0.15) is 0 Å². The summed E-state index contributed by atoms with van der Waals surface area (Å²) in [6.07, 6.45) is 9.42. The van der Waals surface area contributed by atoms with Gasteiger partial charge in [-0.3, -0.25) is 4.90 Å². The van der Waals surface area contributed by atoms with Crippen molar-refractivity contribution in [3.8, 4) is 0 Å². The fourth-order valence-electron chi connectivity index (χ4n) is 3.24. The van der Waals surface area contributed by atoms with E-state index < -0.39 is 9.84 Å². The lowest BCUT2D eigenvalue weighted by molar-refractivity contribution is 0.156. The maximum atomic E-state index is 11.5. The van der Waals surface area contributed by atoms with Crippen molar-refractivity contribution in [2.75, 3.05) is 19.3 Å². The molecule has 0 bridgehead atoms. The van der Waals surface area contributed by atoms with Gasteiger partial charge in [-0.1, -0.05) is 12.1 Å². The Morgan fingerprint density at radius 2 is 2.04 bits per heavy atom. The number of piperidine rings is 1. The first-order valence-electron chi connectivity index (χ1n) is 7.98. The van der Waals surface area contributed by atoms with E-state index in [9.17, 15) is 8.42 Å². The van der Waals surface area contributed by atoms with Crippen LogP contribution in [0.15, 0.2) is 47.9 Å². The number of likely N-dealkylation sites (tertiary alicyclic amines) is 1. The van der Waals surface area contributed by atoms with E-state index in [1.165, 1.54) is 24.7 Å². The molecule has 1 aromatic heterocycles. The van der Waals surface area contributed by atoms with Crippen LogP contribution in [0.3, 0.4) is 0 Å². The SMILES string of the molecule is CS(=O)(=O)c1ccc(CN2CCC[C@H](Cn3ccnc3)C2)cc1. The first-order valence-corrected chi connectivity index (χ1v) is 9.87. The highest BCUT2D eigenvalue weighted by molar-refractivity contribution is 7.90. The second-order valence-corrected chi connectivity index (χ2v) is 8.43. The van der Waals surface area contributed by atoms with E-state index in [1.807, 2.05) is 30.9 Å². The van der Waals surface area contributed by atoms with E-state index in [1.54, 1.807) is 12.1 Å². The fraction of sp³-hybridized carbons (Fsp3) is 0.471. The van der Waals surface area contributed by atoms with Gasteiger partial charge in [0.25, 0.3) is 0 Å². The Morgan fingerprint density at radius 1 is 1.26 bits per heavy atom. The molecule has 6 heteroatoms. The summed E-state index contributed by atoms with van der Waals surface area (Å²) in [7, 11) is -3.11. The summed E-state index contributed by atoms with van der Waals surface area (Å²) < 4.78 is 25.2. The monoisotopic (exact) mass is 333 g/mol. The summed E-state index contributed by atoms with van der Waals surface area (Å²) in [6, 6.07) is 7.26. The maximum Gasteiger partial charge on any atom is 0.175 e. The first kappa shape index (κ1) is 16.2. The average molecular weight is 333 g/mol. The molecule has 1 aromatic carbocycles. The van der Waals surface area contributed by atoms with Crippen molar-refractivity contribution in [2.24, 2.45) is 5.92 Å². The normalized spacial score (nSPS) is 19.8. The number of hydrogen-bond donors (Lipinski definition) is 0. The van der Waals surface area contributed by atoms with Gasteiger partial charge in [0, 0.05) is 38.3 Å². The number of nitrogens with zero attached hydrogens (tertiary/aromatic N) is 3. The molecule has 0 unspecified atom stereocenters. The lowest BCUT2D eigenvalue weighted by Crippen LogP contribution is -2.36. The quantitative estimate of drug-likeness (QED) is 0.842. The molecule has 1 atom stereocenters. The van der Waals surface area contributed by atoms with Crippen LogP contribution in [0.1, 0.15) is 18.4 Å². The number of benzene rings is 1. The molecule has 1 aliphatic heterocycles. The van der Waals surface area contributed by atoms with E-state index in [2.05, 4.69) is 14.5 Å². The molecule has 1 saturated heterocycles. The van der Waals surface area contributed by atoms with Crippen LogP contribution in [0.2, 0.25) is 0 Å². The van der Waals surface area contributed by atoms with Gasteiger partial charge in [-0.25, -0.2) is 13.4 Å². The van der Waals surface area contributed by atoms with Gasteiger partial charge in [-0.15, -0.1) is 0 Å². The summed E-state index contributed by atoms with van der Waals surface area (Å²) in [5.74, 6) is 0.647. The van der Waals surface area contributed by atoms with Crippen molar-refractivity contribution in [2.45, 2.75) is 30.8 Å². The Kier molecular flexibility index (Phi) is 4.82. The van der Waals surface area contributed by atoms with Crippen LogP contribution in [0.4, 0.5) is 0 Å². The molecule has 1 aliphatic rings. The summed E-state index contributed by atoms with van der Waals surface area (Å²) in [5, 5.41) is 0. The lowest BCUT2D eigenvalue weighted by atomic mass is 9.97. The zero-order chi connectivity index (χ0) is 16.3. The van der Waals surface area contributed by atoms with Gasteiger partial charge in [0.15, 0.2) is 9.84 Å².